The highest BCUT2D eigenvalue weighted by Crippen LogP contribution is 2.27. The summed E-state index contributed by atoms with van der Waals surface area (Å²) in [6.07, 6.45) is 5.79. The fraction of sp³-hybridized carbons (Fsp3) is 1.00. The van der Waals surface area contributed by atoms with E-state index in [4.69, 9.17) is 0 Å². The lowest BCUT2D eigenvalue weighted by Gasteiger charge is -2.25. The van der Waals surface area contributed by atoms with Crippen molar-refractivity contribution in [1.29, 1.82) is 0 Å². The molecule has 0 aromatic rings. The Morgan fingerprint density at radius 2 is 1.67 bits per heavy atom. The van der Waals surface area contributed by atoms with Gasteiger partial charge in [0.25, 0.3) is 0 Å². The molecule has 1 heteroatoms. The van der Waals surface area contributed by atoms with Gasteiger partial charge in [0.15, 0.2) is 0 Å². The molecule has 12 heavy (non-hydrogen) atoms. The third kappa shape index (κ3) is 4.76. The Hall–Kier alpha value is -0.0400. The molecule has 0 bridgehead atoms. The molecule has 0 unspecified atom stereocenters. The Bertz CT molecular complexity index is 88.1. The molecule has 1 nitrogen and oxygen atoms in total. The van der Waals surface area contributed by atoms with Crippen molar-refractivity contribution < 1.29 is 1.43 Å². The predicted molar refractivity (Wildman–Crippen MR) is 58.5 cm³/mol. The van der Waals surface area contributed by atoms with Gasteiger partial charge in [-0.15, -0.1) is 0 Å². The van der Waals surface area contributed by atoms with Crippen LogP contribution in [0.1, 0.15) is 47.9 Å². The van der Waals surface area contributed by atoms with Crippen LogP contribution in [0.2, 0.25) is 0 Å². The lowest BCUT2D eigenvalue weighted by Crippen LogP contribution is -2.22. The van der Waals surface area contributed by atoms with Crippen molar-refractivity contribution in [3.8, 4) is 0 Å². The lowest BCUT2D eigenvalue weighted by molar-refractivity contribution is 0.286. The molecule has 0 spiro atoms. The number of nitrogens with one attached hydrogen (secondary N) is 1. The van der Waals surface area contributed by atoms with Gasteiger partial charge in [-0.05, 0) is 38.3 Å². The summed E-state index contributed by atoms with van der Waals surface area (Å²) in [6, 6.07) is 0. The maximum absolute atomic E-state index is 3.25. The lowest BCUT2D eigenvalue weighted by atomic mass is 9.83. The summed E-state index contributed by atoms with van der Waals surface area (Å²) in [7, 11) is 2.05. The molecule has 0 aromatic carbocycles. The standard InChI is InChI=1S/C9H19N.C2H6.H2/c1-8-3-5-9(6-4-8)7-10-2;1-2;/h8-10H,3-7H2,1-2H3;1-2H3;1H. The maximum Gasteiger partial charge on any atom is 0 e. The van der Waals surface area contributed by atoms with Crippen LogP contribution in [0.3, 0.4) is 0 Å². The summed E-state index contributed by atoms with van der Waals surface area (Å²) in [5.41, 5.74) is 0. The Kier molecular flexibility index (Phi) is 7.58. The van der Waals surface area contributed by atoms with Crippen LogP contribution in [0.4, 0.5) is 0 Å². The number of rotatable bonds is 2. The summed E-state index contributed by atoms with van der Waals surface area (Å²) < 4.78 is 0. The topological polar surface area (TPSA) is 12.0 Å². The van der Waals surface area contributed by atoms with Crippen LogP contribution in [0.15, 0.2) is 0 Å². The quantitative estimate of drug-likeness (QED) is 0.675. The van der Waals surface area contributed by atoms with E-state index in [1.807, 2.05) is 13.8 Å². The summed E-state index contributed by atoms with van der Waals surface area (Å²) >= 11 is 0. The Balaban J connectivity index is 0. The minimum absolute atomic E-state index is 0. The largest absolute Gasteiger partial charge is 0.319 e. The summed E-state index contributed by atoms with van der Waals surface area (Å²) in [4.78, 5) is 0. The van der Waals surface area contributed by atoms with Crippen LogP contribution in [0.25, 0.3) is 0 Å². The molecular weight excluding hydrogens is 146 g/mol. The first-order valence-electron chi connectivity index (χ1n) is 5.47. The van der Waals surface area contributed by atoms with Crippen molar-refractivity contribution in [2.45, 2.75) is 46.5 Å². The molecular formula is C11H27N. The van der Waals surface area contributed by atoms with E-state index in [9.17, 15) is 0 Å². The minimum atomic E-state index is 0. The summed E-state index contributed by atoms with van der Waals surface area (Å²) in [5, 5.41) is 3.25. The van der Waals surface area contributed by atoms with Gasteiger partial charge in [0.2, 0.25) is 0 Å². The second-order valence-corrected chi connectivity index (χ2v) is 3.68. The molecule has 0 atom stereocenters. The van der Waals surface area contributed by atoms with Gasteiger partial charge in [0, 0.05) is 1.43 Å². The fourth-order valence-electron chi connectivity index (χ4n) is 1.82. The molecule has 1 aliphatic rings. The van der Waals surface area contributed by atoms with Gasteiger partial charge in [-0.2, -0.15) is 0 Å². The van der Waals surface area contributed by atoms with Crippen LogP contribution in [0, 0.1) is 11.8 Å². The van der Waals surface area contributed by atoms with E-state index in [0.717, 1.165) is 11.8 Å². The van der Waals surface area contributed by atoms with Crippen molar-refractivity contribution in [3.63, 3.8) is 0 Å². The van der Waals surface area contributed by atoms with Crippen LogP contribution in [-0.4, -0.2) is 13.6 Å². The van der Waals surface area contributed by atoms with Gasteiger partial charge in [-0.1, -0.05) is 33.6 Å². The molecule has 1 saturated carbocycles. The van der Waals surface area contributed by atoms with Crippen molar-refractivity contribution in [2.24, 2.45) is 11.8 Å². The highest BCUT2D eigenvalue weighted by molar-refractivity contribution is 4.70. The minimum Gasteiger partial charge on any atom is -0.319 e. The second-order valence-electron chi connectivity index (χ2n) is 3.68. The van der Waals surface area contributed by atoms with Gasteiger partial charge in [0.1, 0.15) is 0 Å². The Morgan fingerprint density at radius 3 is 2.08 bits per heavy atom. The molecule has 1 aliphatic carbocycles. The average molecular weight is 173 g/mol. The normalized spacial score (nSPS) is 29.0. The first-order chi connectivity index (χ1) is 5.83. The number of hydrogen-bond donors (Lipinski definition) is 1. The second kappa shape index (κ2) is 7.60. The smallest absolute Gasteiger partial charge is 0 e. The molecule has 0 saturated heterocycles. The zero-order valence-corrected chi connectivity index (χ0v) is 9.19. The predicted octanol–water partition coefficient (Wildman–Crippen LogP) is 3.30. The van der Waals surface area contributed by atoms with Gasteiger partial charge in [-0.25, -0.2) is 0 Å². The number of hydrogen-bond acceptors (Lipinski definition) is 1. The van der Waals surface area contributed by atoms with Crippen molar-refractivity contribution in [3.05, 3.63) is 0 Å². The van der Waals surface area contributed by atoms with Crippen molar-refractivity contribution >= 4 is 0 Å². The average Bonchev–Trinajstić information content (AvgIpc) is 2.13. The first-order valence-corrected chi connectivity index (χ1v) is 5.47. The van der Waals surface area contributed by atoms with Gasteiger partial charge >= 0.3 is 0 Å². The zero-order chi connectivity index (χ0) is 9.40. The van der Waals surface area contributed by atoms with Crippen LogP contribution in [-0.2, 0) is 0 Å². The van der Waals surface area contributed by atoms with E-state index in [1.54, 1.807) is 0 Å². The van der Waals surface area contributed by atoms with Gasteiger partial charge in [0.05, 0.1) is 0 Å². The molecule has 0 heterocycles. The first kappa shape index (κ1) is 12.0. The summed E-state index contributed by atoms with van der Waals surface area (Å²) in [5.74, 6) is 1.97. The molecule has 1 fully saturated rings. The van der Waals surface area contributed by atoms with Gasteiger partial charge in [-0.3, -0.25) is 0 Å². The van der Waals surface area contributed by atoms with E-state index in [-0.39, 0.29) is 1.43 Å². The fourth-order valence-corrected chi connectivity index (χ4v) is 1.82. The highest BCUT2D eigenvalue weighted by atomic mass is 14.8. The maximum atomic E-state index is 3.25. The summed E-state index contributed by atoms with van der Waals surface area (Å²) in [6.45, 7) is 7.60. The van der Waals surface area contributed by atoms with E-state index in [1.165, 1.54) is 32.2 Å². The molecule has 0 radical (unpaired) electrons. The Labute approximate surface area is 79.4 Å². The Morgan fingerprint density at radius 1 is 1.17 bits per heavy atom. The highest BCUT2D eigenvalue weighted by Gasteiger charge is 2.16. The molecule has 76 valence electrons. The molecule has 1 N–H and O–H groups in total. The third-order valence-corrected chi connectivity index (χ3v) is 2.63. The van der Waals surface area contributed by atoms with Crippen LogP contribution < -0.4 is 5.32 Å². The van der Waals surface area contributed by atoms with Crippen molar-refractivity contribution in [1.82, 2.24) is 5.32 Å². The monoisotopic (exact) mass is 173 g/mol. The molecule has 0 amide bonds. The zero-order valence-electron chi connectivity index (χ0n) is 9.19. The van der Waals surface area contributed by atoms with Crippen LogP contribution in [0.5, 0.6) is 0 Å². The van der Waals surface area contributed by atoms with E-state index in [2.05, 4.69) is 19.3 Å². The molecule has 1 rings (SSSR count). The third-order valence-electron chi connectivity index (χ3n) is 2.63. The van der Waals surface area contributed by atoms with Crippen molar-refractivity contribution in [2.75, 3.05) is 13.6 Å². The van der Waals surface area contributed by atoms with E-state index >= 15 is 0 Å². The SMILES string of the molecule is CC.CNCC1CCC(C)CC1.[HH]. The van der Waals surface area contributed by atoms with E-state index < -0.39 is 0 Å². The van der Waals surface area contributed by atoms with E-state index in [0.29, 0.717) is 0 Å². The van der Waals surface area contributed by atoms with Gasteiger partial charge < -0.3 is 5.32 Å². The van der Waals surface area contributed by atoms with Crippen LogP contribution >= 0.6 is 0 Å². The molecule has 0 aliphatic heterocycles. The molecule has 0 aromatic heterocycles.